The Kier molecular flexibility index (Phi) is 3.31. The van der Waals surface area contributed by atoms with Crippen molar-refractivity contribution in [3.63, 3.8) is 0 Å². The summed E-state index contributed by atoms with van der Waals surface area (Å²) in [5, 5.41) is 6.58. The third-order valence-corrected chi connectivity index (χ3v) is 4.39. The maximum Gasteiger partial charge on any atom is 0.230 e. The number of hydrogen-bond acceptors (Lipinski definition) is 2. The molecule has 102 valence electrons. The number of carbonyl (C=O) groups is 1. The summed E-state index contributed by atoms with van der Waals surface area (Å²) in [5.74, 6) is 0.229. The normalized spacial score (nSPS) is 24.8. The summed E-state index contributed by atoms with van der Waals surface area (Å²) in [6, 6.07) is 8.70. The summed E-state index contributed by atoms with van der Waals surface area (Å²) in [4.78, 5) is 12.6. The van der Waals surface area contributed by atoms with Crippen LogP contribution in [0.25, 0.3) is 0 Å². The third-order valence-electron chi connectivity index (χ3n) is 4.39. The predicted octanol–water partition coefficient (Wildman–Crippen LogP) is 1.89. The van der Waals surface area contributed by atoms with Gasteiger partial charge in [-0.3, -0.25) is 4.79 Å². The van der Waals surface area contributed by atoms with Gasteiger partial charge in [0.05, 0.1) is 5.41 Å². The van der Waals surface area contributed by atoms with E-state index in [0.717, 1.165) is 38.8 Å². The summed E-state index contributed by atoms with van der Waals surface area (Å²) in [5.41, 5.74) is 2.19. The van der Waals surface area contributed by atoms with Crippen molar-refractivity contribution in [1.82, 2.24) is 10.6 Å². The van der Waals surface area contributed by atoms with Crippen LogP contribution in [0.1, 0.15) is 36.8 Å². The molecular formula is C16H22N2O. The number of nitrogens with one attached hydrogen (secondary N) is 2. The van der Waals surface area contributed by atoms with Gasteiger partial charge in [0.2, 0.25) is 5.91 Å². The molecule has 2 aliphatic rings. The molecule has 1 saturated carbocycles. The molecule has 19 heavy (non-hydrogen) atoms. The smallest absolute Gasteiger partial charge is 0.230 e. The van der Waals surface area contributed by atoms with Gasteiger partial charge in [-0.05, 0) is 44.7 Å². The fraction of sp³-hybridized carbons (Fsp3) is 0.562. The molecule has 2 N–H and O–H groups in total. The van der Waals surface area contributed by atoms with Gasteiger partial charge < -0.3 is 10.6 Å². The lowest BCUT2D eigenvalue weighted by atomic mass is 9.93. The lowest BCUT2D eigenvalue weighted by molar-refractivity contribution is -0.124. The van der Waals surface area contributed by atoms with Gasteiger partial charge in [-0.25, -0.2) is 0 Å². The van der Waals surface area contributed by atoms with Crippen LogP contribution < -0.4 is 10.6 Å². The zero-order valence-electron chi connectivity index (χ0n) is 11.5. The molecule has 1 amide bonds. The third kappa shape index (κ3) is 2.52. The molecule has 0 bridgehead atoms. The zero-order chi connectivity index (χ0) is 13.3. The van der Waals surface area contributed by atoms with E-state index in [4.69, 9.17) is 0 Å². The molecule has 3 rings (SSSR count). The second-order valence-electron chi connectivity index (χ2n) is 5.97. The maximum atomic E-state index is 12.6. The average molecular weight is 258 g/mol. The van der Waals surface area contributed by atoms with Crippen molar-refractivity contribution >= 4 is 5.91 Å². The summed E-state index contributed by atoms with van der Waals surface area (Å²) < 4.78 is 0. The van der Waals surface area contributed by atoms with E-state index in [9.17, 15) is 4.79 Å². The van der Waals surface area contributed by atoms with Crippen molar-refractivity contribution in [2.24, 2.45) is 0 Å². The standard InChI is InChI=1S/C16H22N2O/c1-12-4-2-5-13(10-12)16(7-8-16)15(19)18-14-6-3-9-17-11-14/h2,4-5,10,14,17H,3,6-9,11H2,1H3,(H,18,19)/t14-/m0/s1. The number of piperidine rings is 1. The number of carbonyl (C=O) groups excluding carboxylic acids is 1. The van der Waals surface area contributed by atoms with Crippen molar-refractivity contribution in [3.8, 4) is 0 Å². The molecule has 1 aliphatic heterocycles. The molecule has 1 atom stereocenters. The van der Waals surface area contributed by atoms with Gasteiger partial charge in [0, 0.05) is 12.6 Å². The highest BCUT2D eigenvalue weighted by Gasteiger charge is 2.51. The zero-order valence-corrected chi connectivity index (χ0v) is 11.5. The second kappa shape index (κ2) is 4.97. The van der Waals surface area contributed by atoms with Gasteiger partial charge in [-0.15, -0.1) is 0 Å². The molecule has 1 heterocycles. The molecule has 1 saturated heterocycles. The second-order valence-corrected chi connectivity index (χ2v) is 5.97. The first kappa shape index (κ1) is 12.7. The molecule has 0 radical (unpaired) electrons. The van der Waals surface area contributed by atoms with Crippen molar-refractivity contribution in [2.45, 2.75) is 44.1 Å². The molecule has 1 aliphatic carbocycles. The molecule has 2 fully saturated rings. The van der Waals surface area contributed by atoms with E-state index >= 15 is 0 Å². The number of hydrogen-bond donors (Lipinski definition) is 2. The van der Waals surface area contributed by atoms with Crippen molar-refractivity contribution < 1.29 is 4.79 Å². The first-order valence-electron chi connectivity index (χ1n) is 7.29. The highest BCUT2D eigenvalue weighted by atomic mass is 16.2. The quantitative estimate of drug-likeness (QED) is 0.869. The van der Waals surface area contributed by atoms with Gasteiger partial charge >= 0.3 is 0 Å². The Morgan fingerprint density at radius 1 is 1.42 bits per heavy atom. The largest absolute Gasteiger partial charge is 0.351 e. The minimum absolute atomic E-state index is 0.229. The lowest BCUT2D eigenvalue weighted by Gasteiger charge is -2.26. The van der Waals surface area contributed by atoms with E-state index < -0.39 is 0 Å². The number of benzene rings is 1. The van der Waals surface area contributed by atoms with Crippen molar-refractivity contribution in [1.29, 1.82) is 0 Å². The van der Waals surface area contributed by atoms with E-state index in [0.29, 0.717) is 6.04 Å². The van der Waals surface area contributed by atoms with E-state index in [2.05, 4.69) is 41.8 Å². The van der Waals surface area contributed by atoms with Gasteiger partial charge in [0.25, 0.3) is 0 Å². The summed E-state index contributed by atoms with van der Waals surface area (Å²) in [7, 11) is 0. The summed E-state index contributed by atoms with van der Waals surface area (Å²) in [6.45, 7) is 4.08. The Bertz CT molecular complexity index is 473. The van der Waals surface area contributed by atoms with Crippen molar-refractivity contribution in [3.05, 3.63) is 35.4 Å². The van der Waals surface area contributed by atoms with Crippen LogP contribution in [0.4, 0.5) is 0 Å². The first-order valence-corrected chi connectivity index (χ1v) is 7.29. The van der Waals surface area contributed by atoms with Crippen molar-refractivity contribution in [2.75, 3.05) is 13.1 Å². The number of rotatable bonds is 3. The Morgan fingerprint density at radius 3 is 2.89 bits per heavy atom. The minimum atomic E-state index is -0.233. The van der Waals surface area contributed by atoms with Gasteiger partial charge in [0.15, 0.2) is 0 Å². The molecule has 3 heteroatoms. The van der Waals surface area contributed by atoms with Crippen LogP contribution in [0.2, 0.25) is 0 Å². The fourth-order valence-corrected chi connectivity index (χ4v) is 3.01. The molecule has 3 nitrogen and oxygen atoms in total. The first-order chi connectivity index (χ1) is 9.21. The Morgan fingerprint density at radius 2 is 2.26 bits per heavy atom. The van der Waals surface area contributed by atoms with Crippen LogP contribution in [-0.4, -0.2) is 25.0 Å². The van der Waals surface area contributed by atoms with Gasteiger partial charge in [-0.1, -0.05) is 29.8 Å². The SMILES string of the molecule is Cc1cccc(C2(C(=O)N[C@H]3CCCNC3)CC2)c1. The van der Waals surface area contributed by atoms with E-state index in [-0.39, 0.29) is 11.3 Å². The average Bonchev–Trinajstić information content (AvgIpc) is 3.21. The Balaban J connectivity index is 1.71. The van der Waals surface area contributed by atoms with Crippen LogP contribution in [0.3, 0.4) is 0 Å². The highest BCUT2D eigenvalue weighted by Crippen LogP contribution is 2.48. The lowest BCUT2D eigenvalue weighted by Crippen LogP contribution is -2.48. The minimum Gasteiger partial charge on any atom is -0.351 e. The Labute approximate surface area is 114 Å². The van der Waals surface area contributed by atoms with Gasteiger partial charge in [0.1, 0.15) is 0 Å². The van der Waals surface area contributed by atoms with Crippen LogP contribution in [0.15, 0.2) is 24.3 Å². The van der Waals surface area contributed by atoms with Gasteiger partial charge in [-0.2, -0.15) is 0 Å². The molecule has 1 aromatic rings. The maximum absolute atomic E-state index is 12.6. The van der Waals surface area contributed by atoms with Crippen LogP contribution >= 0.6 is 0 Å². The highest BCUT2D eigenvalue weighted by molar-refractivity contribution is 5.91. The number of aryl methyl sites for hydroxylation is 1. The predicted molar refractivity (Wildman–Crippen MR) is 76.1 cm³/mol. The summed E-state index contributed by atoms with van der Waals surface area (Å²) in [6.07, 6.45) is 4.23. The monoisotopic (exact) mass is 258 g/mol. The summed E-state index contributed by atoms with van der Waals surface area (Å²) >= 11 is 0. The molecule has 0 spiro atoms. The molecule has 0 aromatic heterocycles. The number of amides is 1. The Hall–Kier alpha value is -1.35. The topological polar surface area (TPSA) is 41.1 Å². The van der Waals surface area contributed by atoms with Crippen LogP contribution in [0.5, 0.6) is 0 Å². The van der Waals surface area contributed by atoms with E-state index in [1.807, 2.05) is 0 Å². The molecular weight excluding hydrogens is 236 g/mol. The van der Waals surface area contributed by atoms with Crippen LogP contribution in [-0.2, 0) is 10.2 Å². The van der Waals surface area contributed by atoms with Crippen LogP contribution in [0, 0.1) is 6.92 Å². The van der Waals surface area contributed by atoms with E-state index in [1.165, 1.54) is 11.1 Å². The molecule has 0 unspecified atom stereocenters. The van der Waals surface area contributed by atoms with E-state index in [1.54, 1.807) is 0 Å². The molecule has 1 aromatic carbocycles. The fourth-order valence-electron chi connectivity index (χ4n) is 3.01.